The molecule has 1 N–H and O–H groups in total. The number of ether oxygens (including phenoxy) is 1. The van der Waals surface area contributed by atoms with Crippen LogP contribution in [-0.2, 0) is 9.53 Å². The zero-order valence-electron chi connectivity index (χ0n) is 14.3. The molecular weight excluding hydrogens is 316 g/mol. The molecule has 0 aromatic heterocycles. The molecule has 0 aliphatic carbocycles. The maximum atomic E-state index is 13.0. The van der Waals surface area contributed by atoms with E-state index in [4.69, 9.17) is 4.74 Å². The van der Waals surface area contributed by atoms with Gasteiger partial charge in [0.25, 0.3) is 5.91 Å². The summed E-state index contributed by atoms with van der Waals surface area (Å²) in [5.41, 5.74) is 2.27. The van der Waals surface area contributed by atoms with Crippen molar-refractivity contribution in [1.82, 2.24) is 4.90 Å². The summed E-state index contributed by atoms with van der Waals surface area (Å²) in [6.45, 7) is 3.36. The maximum Gasteiger partial charge on any atom is 0.254 e. The predicted molar refractivity (Wildman–Crippen MR) is 96.4 cm³/mol. The van der Waals surface area contributed by atoms with E-state index in [1.54, 1.807) is 31.2 Å². The van der Waals surface area contributed by atoms with Gasteiger partial charge in [0.1, 0.15) is 0 Å². The number of anilines is 1. The Morgan fingerprint density at radius 2 is 1.96 bits per heavy atom. The Morgan fingerprint density at radius 3 is 2.72 bits per heavy atom. The van der Waals surface area contributed by atoms with Crippen molar-refractivity contribution in [3.63, 3.8) is 0 Å². The summed E-state index contributed by atoms with van der Waals surface area (Å²) in [5, 5.41) is 2.80. The van der Waals surface area contributed by atoms with Gasteiger partial charge in [-0.1, -0.05) is 43.3 Å². The topological polar surface area (TPSA) is 58.6 Å². The first-order valence-corrected chi connectivity index (χ1v) is 8.52. The van der Waals surface area contributed by atoms with Gasteiger partial charge in [-0.15, -0.1) is 0 Å². The van der Waals surface area contributed by atoms with Gasteiger partial charge < -0.3 is 15.0 Å². The molecule has 3 rings (SSSR count). The van der Waals surface area contributed by atoms with Gasteiger partial charge >= 0.3 is 0 Å². The second-order valence-electron chi connectivity index (χ2n) is 5.98. The zero-order chi connectivity index (χ0) is 17.6. The largest absolute Gasteiger partial charge is 0.377 e. The Labute approximate surface area is 147 Å². The van der Waals surface area contributed by atoms with Crippen molar-refractivity contribution in [3.8, 4) is 0 Å². The lowest BCUT2D eigenvalue weighted by molar-refractivity contribution is -0.115. The Kier molecular flexibility index (Phi) is 5.46. The molecule has 2 aromatic carbocycles. The van der Waals surface area contributed by atoms with Gasteiger partial charge in [-0.2, -0.15) is 0 Å². The van der Waals surface area contributed by atoms with Crippen LogP contribution in [0.1, 0.15) is 35.3 Å². The van der Waals surface area contributed by atoms with Crippen LogP contribution in [0.3, 0.4) is 0 Å². The van der Waals surface area contributed by atoms with Gasteiger partial charge in [0.05, 0.1) is 19.3 Å². The van der Waals surface area contributed by atoms with Crippen LogP contribution in [0.25, 0.3) is 0 Å². The number of hydrogen-bond donors (Lipinski definition) is 1. The van der Waals surface area contributed by atoms with Crippen molar-refractivity contribution in [1.29, 1.82) is 0 Å². The second-order valence-corrected chi connectivity index (χ2v) is 5.98. The second kappa shape index (κ2) is 7.94. The fourth-order valence-corrected chi connectivity index (χ4v) is 2.94. The third-order valence-corrected chi connectivity index (χ3v) is 4.29. The number of morpholine rings is 1. The summed E-state index contributed by atoms with van der Waals surface area (Å²) < 4.78 is 5.59. The van der Waals surface area contributed by atoms with Gasteiger partial charge in [0, 0.05) is 24.2 Å². The highest BCUT2D eigenvalue weighted by Crippen LogP contribution is 2.26. The van der Waals surface area contributed by atoms with E-state index < -0.39 is 0 Å². The summed E-state index contributed by atoms with van der Waals surface area (Å²) in [6.07, 6.45) is 0.401. The SMILES string of the molecule is CCC(=O)Nc1cccc(C(=O)N2CCOC[C@H]2c2ccccc2)c1. The number of nitrogens with one attached hydrogen (secondary N) is 1. The van der Waals surface area contributed by atoms with Gasteiger partial charge in [0.2, 0.25) is 5.91 Å². The predicted octanol–water partition coefficient (Wildman–Crippen LogP) is 3.25. The lowest BCUT2D eigenvalue weighted by Gasteiger charge is -2.36. The van der Waals surface area contributed by atoms with Crippen molar-refractivity contribution in [2.75, 3.05) is 25.1 Å². The smallest absolute Gasteiger partial charge is 0.254 e. The number of nitrogens with zero attached hydrogens (tertiary/aromatic N) is 1. The number of carbonyl (C=O) groups is 2. The average molecular weight is 338 g/mol. The van der Waals surface area contributed by atoms with Crippen molar-refractivity contribution in [2.24, 2.45) is 0 Å². The third-order valence-electron chi connectivity index (χ3n) is 4.29. The van der Waals surface area contributed by atoms with E-state index in [-0.39, 0.29) is 17.9 Å². The van der Waals surface area contributed by atoms with Crippen LogP contribution in [0.15, 0.2) is 54.6 Å². The molecule has 1 saturated heterocycles. The molecule has 1 heterocycles. The molecule has 0 radical (unpaired) electrons. The molecule has 25 heavy (non-hydrogen) atoms. The molecule has 5 heteroatoms. The Balaban J connectivity index is 1.83. The zero-order valence-corrected chi connectivity index (χ0v) is 14.3. The first-order valence-electron chi connectivity index (χ1n) is 8.52. The molecule has 1 fully saturated rings. The monoisotopic (exact) mass is 338 g/mol. The van der Waals surface area contributed by atoms with E-state index in [9.17, 15) is 9.59 Å². The molecule has 5 nitrogen and oxygen atoms in total. The number of rotatable bonds is 4. The number of hydrogen-bond acceptors (Lipinski definition) is 3. The van der Waals surface area contributed by atoms with E-state index in [1.165, 1.54) is 0 Å². The highest BCUT2D eigenvalue weighted by molar-refractivity contribution is 5.97. The standard InChI is InChI=1S/C20H22N2O3/c1-2-19(23)21-17-10-6-9-16(13-17)20(24)22-11-12-25-14-18(22)15-7-4-3-5-8-15/h3-10,13,18H,2,11-12,14H2,1H3,(H,21,23)/t18-/m0/s1. The molecule has 1 aliphatic heterocycles. The number of carbonyl (C=O) groups excluding carboxylic acids is 2. The molecule has 2 aromatic rings. The van der Waals surface area contributed by atoms with Crippen LogP contribution >= 0.6 is 0 Å². The summed E-state index contributed by atoms with van der Waals surface area (Å²) in [4.78, 5) is 26.5. The number of benzene rings is 2. The van der Waals surface area contributed by atoms with Crippen molar-refractivity contribution in [3.05, 3.63) is 65.7 Å². The molecule has 0 bridgehead atoms. The van der Waals surface area contributed by atoms with E-state index in [2.05, 4.69) is 5.32 Å². The van der Waals surface area contributed by atoms with Crippen molar-refractivity contribution < 1.29 is 14.3 Å². The third kappa shape index (κ3) is 4.06. The minimum Gasteiger partial charge on any atom is -0.377 e. The molecular formula is C20H22N2O3. The van der Waals surface area contributed by atoms with E-state index >= 15 is 0 Å². The van der Waals surface area contributed by atoms with E-state index in [1.807, 2.05) is 35.2 Å². The van der Waals surface area contributed by atoms with E-state index in [0.717, 1.165) is 5.56 Å². The van der Waals surface area contributed by atoms with Gasteiger partial charge in [-0.05, 0) is 23.8 Å². The first kappa shape index (κ1) is 17.2. The molecule has 1 aliphatic rings. The summed E-state index contributed by atoms with van der Waals surface area (Å²) in [7, 11) is 0. The van der Waals surface area contributed by atoms with Gasteiger partial charge in [0.15, 0.2) is 0 Å². The average Bonchev–Trinajstić information content (AvgIpc) is 2.68. The van der Waals surface area contributed by atoms with Crippen molar-refractivity contribution in [2.45, 2.75) is 19.4 Å². The fourth-order valence-electron chi connectivity index (χ4n) is 2.94. The van der Waals surface area contributed by atoms with Crippen LogP contribution < -0.4 is 5.32 Å². The molecule has 0 saturated carbocycles. The number of amides is 2. The lowest BCUT2D eigenvalue weighted by atomic mass is 10.0. The fraction of sp³-hybridized carbons (Fsp3) is 0.300. The van der Waals surface area contributed by atoms with Gasteiger partial charge in [-0.3, -0.25) is 9.59 Å². The lowest BCUT2D eigenvalue weighted by Crippen LogP contribution is -2.43. The molecule has 130 valence electrons. The van der Waals surface area contributed by atoms with Crippen molar-refractivity contribution >= 4 is 17.5 Å². The quantitative estimate of drug-likeness (QED) is 0.931. The molecule has 2 amide bonds. The van der Waals surface area contributed by atoms with Gasteiger partial charge in [-0.25, -0.2) is 0 Å². The summed E-state index contributed by atoms with van der Waals surface area (Å²) in [5.74, 6) is -0.122. The Morgan fingerprint density at radius 1 is 1.16 bits per heavy atom. The minimum atomic E-state index is -0.101. The highest BCUT2D eigenvalue weighted by atomic mass is 16.5. The first-order chi connectivity index (χ1) is 12.2. The minimum absolute atomic E-state index is 0.0512. The normalized spacial score (nSPS) is 17.2. The Hall–Kier alpha value is -2.66. The maximum absolute atomic E-state index is 13.0. The summed E-state index contributed by atoms with van der Waals surface area (Å²) in [6, 6.07) is 16.9. The Bertz CT molecular complexity index is 746. The van der Waals surface area contributed by atoms with Crippen LogP contribution in [0, 0.1) is 0 Å². The summed E-state index contributed by atoms with van der Waals surface area (Å²) >= 11 is 0. The van der Waals surface area contributed by atoms with Crippen LogP contribution in [0.5, 0.6) is 0 Å². The molecule has 0 unspecified atom stereocenters. The van der Waals surface area contributed by atoms with Crippen LogP contribution in [-0.4, -0.2) is 36.5 Å². The van der Waals surface area contributed by atoms with Crippen LogP contribution in [0.4, 0.5) is 5.69 Å². The molecule has 1 atom stereocenters. The highest BCUT2D eigenvalue weighted by Gasteiger charge is 2.29. The molecule has 0 spiro atoms. The van der Waals surface area contributed by atoms with Crippen LogP contribution in [0.2, 0.25) is 0 Å². The van der Waals surface area contributed by atoms with E-state index in [0.29, 0.717) is 37.4 Å².